The monoisotopic (exact) mass is 190 g/mol. The molecule has 4 heteroatoms. The van der Waals surface area contributed by atoms with Gasteiger partial charge in [-0.05, 0) is 6.07 Å². The zero-order chi connectivity index (χ0) is 10.8. The Labute approximate surface area is 82.0 Å². The maximum atomic E-state index is 10.7. The molecule has 1 heterocycles. The molecule has 0 spiro atoms. The summed E-state index contributed by atoms with van der Waals surface area (Å²) in [6, 6.07) is 1.48. The standard InChI is InChI=1S/C10H10N2O2/c1-10(2,11-3)8-4-7(9(13)14)5-12-6-8/h4-6H,1-2H3,(H,13,14). The maximum Gasteiger partial charge on any atom is 0.337 e. The van der Waals surface area contributed by atoms with Crippen LogP contribution in [0.25, 0.3) is 4.85 Å². The zero-order valence-corrected chi connectivity index (χ0v) is 7.98. The Bertz CT molecular complexity index is 405. The van der Waals surface area contributed by atoms with Crippen LogP contribution in [-0.4, -0.2) is 16.1 Å². The van der Waals surface area contributed by atoms with E-state index in [1.54, 1.807) is 13.8 Å². The normalized spacial score (nSPS) is 10.6. The molecule has 14 heavy (non-hydrogen) atoms. The number of carboxylic acids is 1. The number of carboxylic acid groups (broad SMARTS) is 1. The molecule has 0 radical (unpaired) electrons. The Morgan fingerprint density at radius 1 is 1.57 bits per heavy atom. The Morgan fingerprint density at radius 3 is 2.71 bits per heavy atom. The number of hydrogen-bond acceptors (Lipinski definition) is 2. The fourth-order valence-corrected chi connectivity index (χ4v) is 0.956. The van der Waals surface area contributed by atoms with E-state index in [4.69, 9.17) is 11.7 Å². The highest BCUT2D eigenvalue weighted by Gasteiger charge is 2.26. The van der Waals surface area contributed by atoms with Crippen molar-refractivity contribution in [3.05, 3.63) is 41.0 Å². The van der Waals surface area contributed by atoms with Crippen molar-refractivity contribution in [2.24, 2.45) is 0 Å². The summed E-state index contributed by atoms with van der Waals surface area (Å²) < 4.78 is 0. The second-order valence-corrected chi connectivity index (χ2v) is 3.44. The third-order valence-corrected chi connectivity index (χ3v) is 1.97. The first-order valence-electron chi connectivity index (χ1n) is 4.05. The van der Waals surface area contributed by atoms with Gasteiger partial charge in [-0.2, -0.15) is 0 Å². The summed E-state index contributed by atoms with van der Waals surface area (Å²) in [7, 11) is 0. The van der Waals surface area contributed by atoms with Gasteiger partial charge < -0.3 is 9.95 Å². The lowest BCUT2D eigenvalue weighted by Crippen LogP contribution is -2.12. The van der Waals surface area contributed by atoms with Gasteiger partial charge in [0.05, 0.1) is 11.1 Å². The minimum absolute atomic E-state index is 0.110. The summed E-state index contributed by atoms with van der Waals surface area (Å²) in [5.74, 6) is -1.03. The highest BCUT2D eigenvalue weighted by molar-refractivity contribution is 5.87. The summed E-state index contributed by atoms with van der Waals surface area (Å²) >= 11 is 0. The summed E-state index contributed by atoms with van der Waals surface area (Å²) in [5.41, 5.74) is 0.00461. The highest BCUT2D eigenvalue weighted by Crippen LogP contribution is 2.24. The second kappa shape index (κ2) is 3.46. The molecule has 72 valence electrons. The number of aromatic carboxylic acids is 1. The maximum absolute atomic E-state index is 10.7. The van der Waals surface area contributed by atoms with Crippen LogP contribution in [-0.2, 0) is 5.54 Å². The summed E-state index contributed by atoms with van der Waals surface area (Å²) in [6.07, 6.45) is 2.79. The van der Waals surface area contributed by atoms with Crippen molar-refractivity contribution in [2.45, 2.75) is 19.4 Å². The van der Waals surface area contributed by atoms with Crippen LogP contribution in [0.5, 0.6) is 0 Å². The lowest BCUT2D eigenvalue weighted by Gasteiger charge is -2.10. The molecule has 0 aromatic carbocycles. The smallest absolute Gasteiger partial charge is 0.337 e. The topological polar surface area (TPSA) is 54.5 Å². The van der Waals surface area contributed by atoms with Crippen molar-refractivity contribution in [1.29, 1.82) is 0 Å². The molecule has 0 saturated carbocycles. The van der Waals surface area contributed by atoms with Crippen LogP contribution < -0.4 is 0 Å². The molecule has 0 aliphatic carbocycles. The number of rotatable bonds is 2. The van der Waals surface area contributed by atoms with Crippen LogP contribution in [0.1, 0.15) is 29.8 Å². The van der Waals surface area contributed by atoms with Crippen LogP contribution in [0.3, 0.4) is 0 Å². The van der Waals surface area contributed by atoms with E-state index in [1.807, 2.05) is 0 Å². The minimum Gasteiger partial charge on any atom is -0.478 e. The van der Waals surface area contributed by atoms with Crippen LogP contribution in [0.2, 0.25) is 0 Å². The van der Waals surface area contributed by atoms with Crippen molar-refractivity contribution < 1.29 is 9.90 Å². The molecule has 1 aromatic rings. The number of pyridine rings is 1. The average molecular weight is 190 g/mol. The predicted molar refractivity (Wildman–Crippen MR) is 50.8 cm³/mol. The lowest BCUT2D eigenvalue weighted by molar-refractivity contribution is 0.0696. The Morgan fingerprint density at radius 2 is 2.21 bits per heavy atom. The molecule has 1 N–H and O–H groups in total. The van der Waals surface area contributed by atoms with E-state index in [0.29, 0.717) is 5.56 Å². The number of hydrogen-bond donors (Lipinski definition) is 1. The van der Waals surface area contributed by atoms with Gasteiger partial charge in [-0.25, -0.2) is 11.4 Å². The molecule has 0 atom stereocenters. The van der Waals surface area contributed by atoms with Gasteiger partial charge in [0.1, 0.15) is 0 Å². The van der Waals surface area contributed by atoms with Gasteiger partial charge in [-0.15, -0.1) is 0 Å². The first-order chi connectivity index (χ1) is 6.47. The molecule has 1 aromatic heterocycles. The van der Waals surface area contributed by atoms with Gasteiger partial charge in [0.15, 0.2) is 0 Å². The van der Waals surface area contributed by atoms with Gasteiger partial charge in [0.2, 0.25) is 0 Å². The van der Waals surface area contributed by atoms with Crippen LogP contribution in [0.4, 0.5) is 0 Å². The lowest BCUT2D eigenvalue weighted by atomic mass is 9.96. The highest BCUT2D eigenvalue weighted by atomic mass is 16.4. The van der Waals surface area contributed by atoms with E-state index in [2.05, 4.69) is 9.83 Å². The van der Waals surface area contributed by atoms with Crippen molar-refractivity contribution in [3.8, 4) is 0 Å². The molecule has 0 fully saturated rings. The second-order valence-electron chi connectivity index (χ2n) is 3.44. The number of aromatic nitrogens is 1. The van der Waals surface area contributed by atoms with Gasteiger partial charge in [-0.1, -0.05) is 0 Å². The summed E-state index contributed by atoms with van der Waals surface area (Å²) in [4.78, 5) is 17.9. The van der Waals surface area contributed by atoms with Crippen molar-refractivity contribution in [3.63, 3.8) is 0 Å². The molecule has 0 amide bonds. The first kappa shape index (κ1) is 10.2. The molecule has 0 bridgehead atoms. The van der Waals surface area contributed by atoms with E-state index in [-0.39, 0.29) is 5.56 Å². The van der Waals surface area contributed by atoms with E-state index >= 15 is 0 Å². The molecular formula is C10H10N2O2. The Kier molecular flexibility index (Phi) is 2.52. The largest absolute Gasteiger partial charge is 0.478 e. The predicted octanol–water partition coefficient (Wildman–Crippen LogP) is 1.93. The SMILES string of the molecule is [C-]#[N+]C(C)(C)c1cncc(C(=O)O)c1. The van der Waals surface area contributed by atoms with E-state index < -0.39 is 11.5 Å². The van der Waals surface area contributed by atoms with Crippen molar-refractivity contribution in [2.75, 3.05) is 0 Å². The van der Waals surface area contributed by atoms with Crippen molar-refractivity contribution in [1.82, 2.24) is 4.98 Å². The first-order valence-corrected chi connectivity index (χ1v) is 4.05. The quantitative estimate of drug-likeness (QED) is 0.725. The molecular weight excluding hydrogens is 180 g/mol. The fourth-order valence-electron chi connectivity index (χ4n) is 0.956. The molecule has 0 saturated heterocycles. The molecule has 4 nitrogen and oxygen atoms in total. The zero-order valence-electron chi connectivity index (χ0n) is 7.98. The van der Waals surface area contributed by atoms with Gasteiger partial charge in [-0.3, -0.25) is 4.98 Å². The Balaban J connectivity index is 3.20. The third-order valence-electron chi connectivity index (χ3n) is 1.97. The number of carbonyl (C=O) groups is 1. The Hall–Kier alpha value is -1.89. The number of nitrogens with zero attached hydrogens (tertiary/aromatic N) is 2. The summed E-state index contributed by atoms with van der Waals surface area (Å²) in [5, 5.41) is 8.73. The fraction of sp³-hybridized carbons (Fsp3) is 0.300. The molecule has 0 aliphatic rings. The van der Waals surface area contributed by atoms with Gasteiger partial charge in [0.25, 0.3) is 5.54 Å². The van der Waals surface area contributed by atoms with E-state index in [0.717, 1.165) is 0 Å². The summed E-state index contributed by atoms with van der Waals surface area (Å²) in [6.45, 7) is 10.4. The van der Waals surface area contributed by atoms with Crippen LogP contribution in [0.15, 0.2) is 18.5 Å². The third kappa shape index (κ3) is 1.88. The van der Waals surface area contributed by atoms with Gasteiger partial charge >= 0.3 is 5.97 Å². The molecule has 0 unspecified atom stereocenters. The van der Waals surface area contributed by atoms with E-state index in [9.17, 15) is 4.79 Å². The van der Waals surface area contributed by atoms with Crippen LogP contribution >= 0.6 is 0 Å². The molecule has 0 aliphatic heterocycles. The van der Waals surface area contributed by atoms with Crippen LogP contribution in [0, 0.1) is 6.57 Å². The van der Waals surface area contributed by atoms with E-state index in [1.165, 1.54) is 18.5 Å². The minimum atomic E-state index is -1.03. The average Bonchev–Trinajstić information content (AvgIpc) is 2.18. The van der Waals surface area contributed by atoms with Gasteiger partial charge in [0, 0.05) is 26.2 Å². The van der Waals surface area contributed by atoms with Crippen molar-refractivity contribution >= 4 is 5.97 Å². The molecule has 1 rings (SSSR count).